The second kappa shape index (κ2) is 9.27. The fourth-order valence-corrected chi connectivity index (χ4v) is 3.10. The summed E-state index contributed by atoms with van der Waals surface area (Å²) in [6.07, 6.45) is 4.15. The minimum atomic E-state index is -0.384. The molecule has 2 heterocycles. The Hall–Kier alpha value is -3.29. The van der Waals surface area contributed by atoms with Crippen LogP contribution in [-0.4, -0.2) is 51.7 Å². The van der Waals surface area contributed by atoms with Crippen molar-refractivity contribution in [2.45, 2.75) is 32.7 Å². The first-order valence-corrected chi connectivity index (χ1v) is 9.72. The van der Waals surface area contributed by atoms with Crippen LogP contribution in [0.3, 0.4) is 0 Å². The maximum atomic E-state index is 12.7. The number of anilines is 1. The minimum Gasteiger partial charge on any atom is -0.348 e. The molecule has 3 amide bonds. The van der Waals surface area contributed by atoms with Gasteiger partial charge in [0.25, 0.3) is 11.8 Å². The molecule has 2 N–H and O–H groups in total. The first-order valence-electron chi connectivity index (χ1n) is 9.72. The van der Waals surface area contributed by atoms with Crippen LogP contribution in [0.5, 0.6) is 0 Å². The van der Waals surface area contributed by atoms with Crippen molar-refractivity contribution < 1.29 is 14.4 Å². The van der Waals surface area contributed by atoms with Crippen molar-refractivity contribution in [3.8, 4) is 0 Å². The summed E-state index contributed by atoms with van der Waals surface area (Å²) in [5.74, 6) is -0.694. The topological polar surface area (TPSA) is 104 Å². The third-order valence-corrected chi connectivity index (χ3v) is 4.82. The number of carbonyl (C=O) groups is 3. The summed E-state index contributed by atoms with van der Waals surface area (Å²) in [4.78, 5) is 47.1. The van der Waals surface area contributed by atoms with Crippen LogP contribution in [0.25, 0.3) is 0 Å². The van der Waals surface area contributed by atoms with Crippen LogP contribution >= 0.6 is 0 Å². The van der Waals surface area contributed by atoms with Gasteiger partial charge < -0.3 is 15.5 Å². The van der Waals surface area contributed by atoms with Gasteiger partial charge in [-0.25, -0.2) is 9.97 Å². The van der Waals surface area contributed by atoms with Gasteiger partial charge in [0.2, 0.25) is 5.91 Å². The number of nitrogens with one attached hydrogen (secondary N) is 2. The van der Waals surface area contributed by atoms with Gasteiger partial charge in [0, 0.05) is 43.0 Å². The molecule has 0 radical (unpaired) electrons. The van der Waals surface area contributed by atoms with Crippen molar-refractivity contribution in [1.29, 1.82) is 0 Å². The van der Waals surface area contributed by atoms with E-state index >= 15 is 0 Å². The molecule has 1 aliphatic heterocycles. The Bertz CT molecular complexity index is 877. The minimum absolute atomic E-state index is 0.00277. The number of rotatable bonds is 5. The molecular weight excluding hydrogens is 370 g/mol. The van der Waals surface area contributed by atoms with E-state index in [9.17, 15) is 14.4 Å². The Morgan fingerprint density at radius 2 is 1.69 bits per heavy atom. The number of likely N-dealkylation sites (tertiary alicyclic amines) is 1. The number of aromatic nitrogens is 2. The summed E-state index contributed by atoms with van der Waals surface area (Å²) in [5, 5.41) is 5.59. The molecule has 1 aromatic heterocycles. The molecule has 3 rings (SSSR count). The first-order chi connectivity index (χ1) is 14.0. The predicted octanol–water partition coefficient (Wildman–Crippen LogP) is 2.11. The normalized spacial score (nSPS) is 14.5. The zero-order valence-electron chi connectivity index (χ0n) is 16.6. The largest absolute Gasteiger partial charge is 0.348 e. The van der Waals surface area contributed by atoms with Gasteiger partial charge >= 0.3 is 0 Å². The number of piperidine rings is 1. The van der Waals surface area contributed by atoms with Gasteiger partial charge in [0.05, 0.1) is 0 Å². The van der Waals surface area contributed by atoms with Gasteiger partial charge in [-0.1, -0.05) is 32.0 Å². The first kappa shape index (κ1) is 20.4. The Morgan fingerprint density at radius 3 is 2.34 bits per heavy atom. The van der Waals surface area contributed by atoms with Gasteiger partial charge in [0.15, 0.2) is 11.5 Å². The van der Waals surface area contributed by atoms with E-state index in [1.165, 1.54) is 12.4 Å². The summed E-state index contributed by atoms with van der Waals surface area (Å²) < 4.78 is 0. The zero-order valence-corrected chi connectivity index (χ0v) is 16.6. The summed E-state index contributed by atoms with van der Waals surface area (Å²) in [7, 11) is 0. The van der Waals surface area contributed by atoms with Crippen LogP contribution in [0.2, 0.25) is 0 Å². The average molecular weight is 395 g/mol. The van der Waals surface area contributed by atoms with Crippen molar-refractivity contribution in [3.05, 3.63) is 54.0 Å². The van der Waals surface area contributed by atoms with E-state index in [1.807, 2.05) is 18.2 Å². The van der Waals surface area contributed by atoms with E-state index in [4.69, 9.17) is 0 Å². The Labute approximate surface area is 169 Å². The lowest BCUT2D eigenvalue weighted by atomic mass is 10.0. The number of amides is 3. The number of benzene rings is 1. The summed E-state index contributed by atoms with van der Waals surface area (Å²) in [6.45, 7) is 4.65. The fraction of sp³-hybridized carbons (Fsp3) is 0.381. The van der Waals surface area contributed by atoms with E-state index in [-0.39, 0.29) is 41.2 Å². The molecule has 0 aliphatic carbocycles. The lowest BCUT2D eigenvalue weighted by molar-refractivity contribution is -0.118. The maximum absolute atomic E-state index is 12.7. The lowest BCUT2D eigenvalue weighted by Gasteiger charge is -2.32. The summed E-state index contributed by atoms with van der Waals surface area (Å²) in [5.41, 5.74) is 0.754. The summed E-state index contributed by atoms with van der Waals surface area (Å²) in [6, 6.07) is 9.10. The second-order valence-electron chi connectivity index (χ2n) is 7.30. The van der Waals surface area contributed by atoms with E-state index in [0.717, 1.165) is 0 Å². The highest BCUT2D eigenvalue weighted by molar-refractivity contribution is 6.01. The molecule has 0 spiro atoms. The molecule has 1 aromatic carbocycles. The van der Waals surface area contributed by atoms with Crippen molar-refractivity contribution >= 4 is 23.5 Å². The van der Waals surface area contributed by atoms with Crippen LogP contribution in [0.15, 0.2) is 42.7 Å². The lowest BCUT2D eigenvalue weighted by Crippen LogP contribution is -2.46. The molecular formula is C21H25N5O3. The van der Waals surface area contributed by atoms with Crippen LogP contribution < -0.4 is 10.6 Å². The molecule has 1 aliphatic rings. The highest BCUT2D eigenvalue weighted by Gasteiger charge is 2.26. The molecule has 152 valence electrons. The average Bonchev–Trinajstić information content (AvgIpc) is 2.74. The fourth-order valence-electron chi connectivity index (χ4n) is 3.10. The Balaban J connectivity index is 1.58. The molecule has 8 nitrogen and oxygen atoms in total. The van der Waals surface area contributed by atoms with Crippen LogP contribution in [0.1, 0.15) is 47.5 Å². The van der Waals surface area contributed by atoms with Gasteiger partial charge in [-0.3, -0.25) is 14.4 Å². The van der Waals surface area contributed by atoms with Crippen molar-refractivity contribution in [3.63, 3.8) is 0 Å². The van der Waals surface area contributed by atoms with Gasteiger partial charge in [-0.15, -0.1) is 0 Å². The SMILES string of the molecule is CC(C)C(=O)Nc1nccnc1C(=O)NC1CCN(C(=O)c2ccccc2)CC1. The van der Waals surface area contributed by atoms with Crippen LogP contribution in [-0.2, 0) is 4.79 Å². The van der Waals surface area contributed by atoms with Crippen LogP contribution in [0, 0.1) is 5.92 Å². The molecule has 2 aromatic rings. The van der Waals surface area contributed by atoms with E-state index in [0.29, 0.717) is 31.5 Å². The predicted molar refractivity (Wildman–Crippen MR) is 108 cm³/mol. The molecule has 29 heavy (non-hydrogen) atoms. The molecule has 0 bridgehead atoms. The Morgan fingerprint density at radius 1 is 1.03 bits per heavy atom. The van der Waals surface area contributed by atoms with E-state index in [2.05, 4.69) is 20.6 Å². The van der Waals surface area contributed by atoms with Crippen molar-refractivity contribution in [2.75, 3.05) is 18.4 Å². The van der Waals surface area contributed by atoms with E-state index < -0.39 is 0 Å². The quantitative estimate of drug-likeness (QED) is 0.807. The number of nitrogens with zero attached hydrogens (tertiary/aromatic N) is 3. The highest BCUT2D eigenvalue weighted by Crippen LogP contribution is 2.16. The van der Waals surface area contributed by atoms with Crippen LogP contribution in [0.4, 0.5) is 5.82 Å². The van der Waals surface area contributed by atoms with E-state index in [1.54, 1.807) is 30.9 Å². The molecule has 1 fully saturated rings. The number of hydrogen-bond donors (Lipinski definition) is 2. The molecule has 1 saturated heterocycles. The maximum Gasteiger partial charge on any atom is 0.273 e. The number of carbonyl (C=O) groups excluding carboxylic acids is 3. The summed E-state index contributed by atoms with van der Waals surface area (Å²) >= 11 is 0. The highest BCUT2D eigenvalue weighted by atomic mass is 16.2. The third-order valence-electron chi connectivity index (χ3n) is 4.82. The second-order valence-corrected chi connectivity index (χ2v) is 7.30. The zero-order chi connectivity index (χ0) is 20.8. The Kier molecular flexibility index (Phi) is 6.54. The van der Waals surface area contributed by atoms with Crippen molar-refractivity contribution in [1.82, 2.24) is 20.2 Å². The third kappa shape index (κ3) is 5.16. The van der Waals surface area contributed by atoms with Crippen molar-refractivity contribution in [2.24, 2.45) is 5.92 Å². The molecule has 0 unspecified atom stereocenters. The van der Waals surface area contributed by atoms with Gasteiger partial charge in [-0.05, 0) is 25.0 Å². The molecule has 0 atom stereocenters. The number of hydrogen-bond acceptors (Lipinski definition) is 5. The molecule has 0 saturated carbocycles. The van der Waals surface area contributed by atoms with Gasteiger partial charge in [-0.2, -0.15) is 0 Å². The molecule has 8 heteroatoms. The monoisotopic (exact) mass is 395 g/mol. The smallest absolute Gasteiger partial charge is 0.273 e. The standard InChI is InChI=1S/C21H25N5O3/c1-14(2)19(27)25-18-17(22-10-11-23-18)20(28)24-16-8-12-26(13-9-16)21(29)15-6-4-3-5-7-15/h3-7,10-11,14,16H,8-9,12-13H2,1-2H3,(H,24,28)(H,23,25,27). The van der Waals surface area contributed by atoms with Gasteiger partial charge in [0.1, 0.15) is 0 Å².